The van der Waals surface area contributed by atoms with E-state index >= 15 is 0 Å². The minimum absolute atomic E-state index is 0.00660. The van der Waals surface area contributed by atoms with Gasteiger partial charge in [0, 0.05) is 23.8 Å². The van der Waals surface area contributed by atoms with Gasteiger partial charge in [0.1, 0.15) is 12.5 Å². The van der Waals surface area contributed by atoms with Crippen LogP contribution < -0.4 is 14.2 Å². The third-order valence-corrected chi connectivity index (χ3v) is 5.89. The third-order valence-electron chi connectivity index (χ3n) is 5.89. The lowest BCUT2D eigenvalue weighted by atomic mass is 9.75. The molecule has 0 saturated heterocycles. The molecule has 0 bridgehead atoms. The Kier molecular flexibility index (Phi) is 8.30. The van der Waals surface area contributed by atoms with Gasteiger partial charge in [0.15, 0.2) is 11.5 Å². The van der Waals surface area contributed by atoms with E-state index in [1.54, 1.807) is 0 Å². The highest BCUT2D eigenvalue weighted by Crippen LogP contribution is 2.41. The number of carbonyl (C=O) groups is 3. The first-order chi connectivity index (χ1) is 18.0. The minimum Gasteiger partial charge on any atom is -0.493 e. The van der Waals surface area contributed by atoms with Crippen molar-refractivity contribution in [1.29, 1.82) is 0 Å². The van der Waals surface area contributed by atoms with Crippen molar-refractivity contribution in [1.82, 2.24) is 0 Å². The van der Waals surface area contributed by atoms with Gasteiger partial charge in [0.25, 0.3) is 5.69 Å². The first kappa shape index (κ1) is 27.6. The van der Waals surface area contributed by atoms with Crippen molar-refractivity contribution >= 4 is 29.3 Å². The molecule has 3 rings (SSSR count). The second kappa shape index (κ2) is 11.4. The van der Waals surface area contributed by atoms with Gasteiger partial charge in [-0.05, 0) is 24.6 Å². The summed E-state index contributed by atoms with van der Waals surface area (Å²) >= 11 is 0. The normalized spacial score (nSPS) is 16.8. The van der Waals surface area contributed by atoms with Crippen LogP contribution in [0.25, 0.3) is 0 Å². The summed E-state index contributed by atoms with van der Waals surface area (Å²) < 4.78 is 21.0. The molecule has 1 aliphatic rings. The zero-order valence-corrected chi connectivity index (χ0v) is 20.8. The van der Waals surface area contributed by atoms with Crippen LogP contribution in [0.5, 0.6) is 17.2 Å². The standard InChI is InChI=1S/C25H24N2O11/c1-12-19(23(28)29)20(13-6-5-7-15(8-13)27(33)34)21(24(30)31)16(26-12)11-38-25(32)14-9-17(35-2)22(37-4)18(10-14)36-3/h5-10,19-20H,11H2,1-4H3,(H,28,29)(H,30,31). The lowest BCUT2D eigenvalue weighted by Gasteiger charge is -2.30. The van der Waals surface area contributed by atoms with Crippen LogP contribution in [0, 0.1) is 16.0 Å². The molecule has 1 aliphatic heterocycles. The maximum atomic E-state index is 12.9. The minimum atomic E-state index is -1.51. The van der Waals surface area contributed by atoms with Crippen molar-refractivity contribution in [2.45, 2.75) is 12.8 Å². The summed E-state index contributed by atoms with van der Waals surface area (Å²) in [6.07, 6.45) is 0. The first-order valence-electron chi connectivity index (χ1n) is 11.0. The van der Waals surface area contributed by atoms with E-state index in [-0.39, 0.29) is 45.5 Å². The Morgan fingerprint density at radius 3 is 2.16 bits per heavy atom. The van der Waals surface area contributed by atoms with Crippen LogP contribution in [0.3, 0.4) is 0 Å². The van der Waals surface area contributed by atoms with Crippen LogP contribution in [0.15, 0.2) is 52.7 Å². The molecule has 38 heavy (non-hydrogen) atoms. The van der Waals surface area contributed by atoms with Gasteiger partial charge in [-0.1, -0.05) is 12.1 Å². The van der Waals surface area contributed by atoms with Gasteiger partial charge >= 0.3 is 17.9 Å². The number of nitro benzene ring substituents is 1. The fourth-order valence-electron chi connectivity index (χ4n) is 4.22. The summed E-state index contributed by atoms with van der Waals surface area (Å²) in [7, 11) is 4.12. The molecular weight excluding hydrogens is 504 g/mol. The van der Waals surface area contributed by atoms with E-state index in [0.29, 0.717) is 0 Å². The van der Waals surface area contributed by atoms with E-state index in [2.05, 4.69) is 4.99 Å². The lowest BCUT2D eigenvalue weighted by molar-refractivity contribution is -0.384. The van der Waals surface area contributed by atoms with E-state index in [0.717, 1.165) is 6.07 Å². The SMILES string of the molecule is COc1cc(C(=O)OCC2=C(C(=O)O)C(c3cccc([N+](=O)[O-])c3)C(C(=O)O)C(C)=N2)cc(OC)c1OC. The average molecular weight is 528 g/mol. The van der Waals surface area contributed by atoms with E-state index in [1.165, 1.54) is 58.6 Å². The molecule has 1 heterocycles. The van der Waals surface area contributed by atoms with Crippen molar-refractivity contribution in [2.75, 3.05) is 27.9 Å². The number of aliphatic imine (C=N–C) groups is 1. The van der Waals surface area contributed by atoms with Crippen LogP contribution in [-0.4, -0.2) is 66.7 Å². The Morgan fingerprint density at radius 2 is 1.66 bits per heavy atom. The number of nitro groups is 1. The number of carboxylic acid groups (broad SMARTS) is 2. The van der Waals surface area contributed by atoms with Gasteiger partial charge in [-0.3, -0.25) is 19.9 Å². The fourth-order valence-corrected chi connectivity index (χ4v) is 4.22. The molecule has 0 aromatic heterocycles. The predicted molar refractivity (Wildman–Crippen MR) is 131 cm³/mol. The highest BCUT2D eigenvalue weighted by Gasteiger charge is 2.42. The number of benzene rings is 2. The lowest BCUT2D eigenvalue weighted by Crippen LogP contribution is -2.36. The molecule has 2 aromatic carbocycles. The Bertz CT molecular complexity index is 1340. The molecule has 0 aliphatic carbocycles. The number of aliphatic carboxylic acids is 2. The quantitative estimate of drug-likeness (QED) is 0.262. The fraction of sp³-hybridized carbons (Fsp3) is 0.280. The number of carbonyl (C=O) groups excluding carboxylic acids is 1. The number of ether oxygens (including phenoxy) is 4. The summed E-state index contributed by atoms with van der Waals surface area (Å²) in [4.78, 5) is 52.1. The number of esters is 1. The van der Waals surface area contributed by atoms with Gasteiger partial charge in [0.2, 0.25) is 5.75 Å². The zero-order chi connectivity index (χ0) is 28.1. The second-order valence-electron chi connectivity index (χ2n) is 8.05. The Morgan fingerprint density at radius 1 is 1.03 bits per heavy atom. The van der Waals surface area contributed by atoms with Crippen LogP contribution in [0.2, 0.25) is 0 Å². The van der Waals surface area contributed by atoms with Crippen molar-refractivity contribution < 1.29 is 48.5 Å². The molecule has 13 nitrogen and oxygen atoms in total. The van der Waals surface area contributed by atoms with Gasteiger partial charge in [-0.2, -0.15) is 0 Å². The Labute approximate surface area is 216 Å². The summed E-state index contributed by atoms with van der Waals surface area (Å²) in [5.41, 5.74) is -0.866. The maximum absolute atomic E-state index is 12.9. The molecule has 0 radical (unpaired) electrons. The largest absolute Gasteiger partial charge is 0.493 e. The zero-order valence-electron chi connectivity index (χ0n) is 20.8. The van der Waals surface area contributed by atoms with Gasteiger partial charge in [-0.15, -0.1) is 0 Å². The topological polar surface area (TPSA) is 184 Å². The summed E-state index contributed by atoms with van der Waals surface area (Å²) in [5, 5.41) is 31.2. The van der Waals surface area contributed by atoms with Crippen molar-refractivity contribution in [3.63, 3.8) is 0 Å². The number of non-ortho nitro benzene ring substituents is 1. The molecule has 0 spiro atoms. The molecule has 200 valence electrons. The summed E-state index contributed by atoms with van der Waals surface area (Å²) in [6.45, 7) is 0.773. The number of carboxylic acids is 2. The van der Waals surface area contributed by atoms with E-state index in [4.69, 9.17) is 18.9 Å². The van der Waals surface area contributed by atoms with Crippen LogP contribution in [-0.2, 0) is 14.3 Å². The molecule has 13 heteroatoms. The number of rotatable bonds is 10. The highest BCUT2D eigenvalue weighted by molar-refractivity contribution is 6.06. The molecule has 0 saturated carbocycles. The van der Waals surface area contributed by atoms with Crippen LogP contribution >= 0.6 is 0 Å². The van der Waals surface area contributed by atoms with Gasteiger partial charge < -0.3 is 29.2 Å². The summed E-state index contributed by atoms with van der Waals surface area (Å²) in [6, 6.07) is 7.73. The second-order valence-corrected chi connectivity index (χ2v) is 8.05. The molecular formula is C25H24N2O11. The van der Waals surface area contributed by atoms with Crippen molar-refractivity contribution in [3.05, 3.63) is 68.9 Å². The molecule has 2 unspecified atom stereocenters. The Hall–Kier alpha value is -4.94. The molecule has 2 atom stereocenters. The van der Waals surface area contributed by atoms with E-state index in [1.807, 2.05) is 0 Å². The highest BCUT2D eigenvalue weighted by atomic mass is 16.6. The van der Waals surface area contributed by atoms with Crippen LogP contribution in [0.1, 0.15) is 28.8 Å². The van der Waals surface area contributed by atoms with Gasteiger partial charge in [-0.25, -0.2) is 9.59 Å². The average Bonchev–Trinajstić information content (AvgIpc) is 2.89. The Balaban J connectivity index is 2.04. The predicted octanol–water partition coefficient (Wildman–Crippen LogP) is 3.08. The monoisotopic (exact) mass is 528 g/mol. The first-order valence-corrected chi connectivity index (χ1v) is 11.0. The smallest absolute Gasteiger partial charge is 0.338 e. The van der Waals surface area contributed by atoms with Crippen molar-refractivity contribution in [2.24, 2.45) is 10.9 Å². The molecule has 0 amide bonds. The van der Waals surface area contributed by atoms with E-state index < -0.39 is 46.8 Å². The van der Waals surface area contributed by atoms with Crippen LogP contribution in [0.4, 0.5) is 5.69 Å². The molecule has 2 aromatic rings. The van der Waals surface area contributed by atoms with Crippen molar-refractivity contribution in [3.8, 4) is 17.2 Å². The molecule has 0 fully saturated rings. The number of hydrogen-bond donors (Lipinski definition) is 2. The summed E-state index contributed by atoms with van der Waals surface area (Å²) in [5.74, 6) is -5.89. The number of hydrogen-bond acceptors (Lipinski definition) is 10. The maximum Gasteiger partial charge on any atom is 0.338 e. The number of methoxy groups -OCH3 is 3. The number of nitrogens with zero attached hydrogens (tertiary/aromatic N) is 2. The van der Waals surface area contributed by atoms with Gasteiger partial charge in [0.05, 0.1) is 43.1 Å². The van der Waals surface area contributed by atoms with E-state index in [9.17, 15) is 34.7 Å². The third kappa shape index (κ3) is 5.40. The molecule has 2 N–H and O–H groups in total.